The number of hydrogen-bond donors (Lipinski definition) is 2. The number of pyridine rings is 1. The molecule has 6 heteroatoms. The fourth-order valence-corrected chi connectivity index (χ4v) is 3.86. The summed E-state index contributed by atoms with van der Waals surface area (Å²) in [5.41, 5.74) is 3.09. The lowest BCUT2D eigenvalue weighted by Crippen LogP contribution is -2.13. The number of phenols is 1. The topological polar surface area (TPSA) is 76.9 Å². The van der Waals surface area contributed by atoms with Crippen molar-refractivity contribution in [2.75, 3.05) is 0 Å². The number of nitrogens with one attached hydrogen (secondary N) is 1. The summed E-state index contributed by atoms with van der Waals surface area (Å²) in [5.74, 6) is 0.0142. The number of phenolic OH excluding ortho intramolecular Hbond substituents is 1. The van der Waals surface area contributed by atoms with E-state index in [1.165, 1.54) is 0 Å². The molecule has 3 aromatic carbocycles. The number of nitrogens with zero attached hydrogens (tertiary/aromatic N) is 1. The Labute approximate surface area is 189 Å². The van der Waals surface area contributed by atoms with Crippen molar-refractivity contribution >= 4 is 23.2 Å². The van der Waals surface area contributed by atoms with Crippen LogP contribution in [-0.2, 0) is 6.42 Å². The maximum Gasteiger partial charge on any atom is 0.266 e. The number of nitriles is 1. The number of rotatable bonds is 4. The van der Waals surface area contributed by atoms with Crippen molar-refractivity contribution in [1.82, 2.24) is 4.98 Å². The average Bonchev–Trinajstić information content (AvgIpc) is 2.77. The normalized spacial score (nSPS) is 10.6. The Morgan fingerprint density at radius 2 is 1.65 bits per heavy atom. The van der Waals surface area contributed by atoms with Crippen LogP contribution in [0.4, 0.5) is 0 Å². The first-order valence-corrected chi connectivity index (χ1v) is 10.2. The van der Waals surface area contributed by atoms with Crippen LogP contribution in [0.2, 0.25) is 10.0 Å². The quantitative estimate of drug-likeness (QED) is 0.392. The average molecular weight is 447 g/mol. The number of aromatic amines is 1. The zero-order chi connectivity index (χ0) is 22.0. The van der Waals surface area contributed by atoms with Gasteiger partial charge in [0.1, 0.15) is 17.4 Å². The first-order valence-electron chi connectivity index (χ1n) is 9.45. The van der Waals surface area contributed by atoms with Crippen molar-refractivity contribution in [2.45, 2.75) is 6.42 Å². The van der Waals surface area contributed by atoms with E-state index in [1.54, 1.807) is 30.3 Å². The van der Waals surface area contributed by atoms with E-state index in [0.29, 0.717) is 38.9 Å². The van der Waals surface area contributed by atoms with E-state index >= 15 is 0 Å². The van der Waals surface area contributed by atoms with Gasteiger partial charge in [-0.3, -0.25) is 4.79 Å². The highest BCUT2D eigenvalue weighted by molar-refractivity contribution is 6.35. The Bertz CT molecular complexity index is 1370. The maximum atomic E-state index is 12.7. The van der Waals surface area contributed by atoms with Crippen molar-refractivity contribution < 1.29 is 5.11 Å². The molecule has 0 saturated heterocycles. The third-order valence-electron chi connectivity index (χ3n) is 4.97. The minimum atomic E-state index is -0.570. The fraction of sp³-hybridized carbons (Fsp3) is 0.0400. The molecule has 1 aromatic heterocycles. The highest BCUT2D eigenvalue weighted by atomic mass is 35.5. The molecule has 0 spiro atoms. The van der Waals surface area contributed by atoms with Crippen molar-refractivity contribution in [3.63, 3.8) is 0 Å². The highest BCUT2D eigenvalue weighted by Crippen LogP contribution is 2.35. The molecule has 0 saturated carbocycles. The van der Waals surface area contributed by atoms with Gasteiger partial charge >= 0.3 is 0 Å². The molecule has 4 aromatic rings. The van der Waals surface area contributed by atoms with Crippen LogP contribution in [0.3, 0.4) is 0 Å². The number of H-pyrrole nitrogens is 1. The fourth-order valence-electron chi connectivity index (χ4n) is 3.47. The van der Waals surface area contributed by atoms with Crippen LogP contribution in [-0.4, -0.2) is 10.1 Å². The van der Waals surface area contributed by atoms with E-state index in [4.69, 9.17) is 23.2 Å². The standard InChI is InChI=1S/C25H16Cl2N2O2/c26-17-7-8-22(27)19(12-17)18-13-23(29-25(31)21(18)14-28)20-11-16(6-9-24(20)30)10-15-4-2-1-3-5-15/h1-9,11-13,30H,10H2,(H,29,31). The van der Waals surface area contributed by atoms with Gasteiger partial charge in [0.05, 0.1) is 5.69 Å². The number of halogens is 2. The summed E-state index contributed by atoms with van der Waals surface area (Å²) in [4.78, 5) is 15.4. The lowest BCUT2D eigenvalue weighted by molar-refractivity contribution is 0.477. The van der Waals surface area contributed by atoms with Crippen LogP contribution < -0.4 is 5.56 Å². The molecule has 0 amide bonds. The van der Waals surface area contributed by atoms with Crippen LogP contribution in [0, 0.1) is 11.3 Å². The Balaban J connectivity index is 1.87. The van der Waals surface area contributed by atoms with Gasteiger partial charge in [0.15, 0.2) is 0 Å². The lowest BCUT2D eigenvalue weighted by atomic mass is 9.97. The summed E-state index contributed by atoms with van der Waals surface area (Å²) < 4.78 is 0. The summed E-state index contributed by atoms with van der Waals surface area (Å²) in [6.45, 7) is 0. The van der Waals surface area contributed by atoms with Crippen LogP contribution in [0.1, 0.15) is 16.7 Å². The van der Waals surface area contributed by atoms with E-state index in [0.717, 1.165) is 11.1 Å². The van der Waals surface area contributed by atoms with Crippen molar-refractivity contribution in [1.29, 1.82) is 5.26 Å². The molecule has 1 heterocycles. The second-order valence-corrected chi connectivity index (χ2v) is 7.89. The van der Waals surface area contributed by atoms with E-state index in [1.807, 2.05) is 48.5 Å². The monoisotopic (exact) mass is 446 g/mol. The largest absolute Gasteiger partial charge is 0.507 e. The molecule has 31 heavy (non-hydrogen) atoms. The minimum absolute atomic E-state index is 0.0142. The SMILES string of the molecule is N#Cc1c(-c2cc(Cl)ccc2Cl)cc(-c2cc(Cc3ccccc3)ccc2O)[nH]c1=O. The number of hydrogen-bond acceptors (Lipinski definition) is 3. The predicted octanol–water partition coefficient (Wildman–Crippen LogP) is 6.18. The lowest BCUT2D eigenvalue weighted by Gasteiger charge is -2.12. The Kier molecular flexibility index (Phi) is 5.81. The second kappa shape index (κ2) is 8.69. The zero-order valence-corrected chi connectivity index (χ0v) is 17.7. The van der Waals surface area contributed by atoms with Crippen molar-refractivity contribution in [3.8, 4) is 34.2 Å². The van der Waals surface area contributed by atoms with Gasteiger partial charge in [0, 0.05) is 26.7 Å². The highest BCUT2D eigenvalue weighted by Gasteiger charge is 2.17. The minimum Gasteiger partial charge on any atom is -0.507 e. The summed E-state index contributed by atoms with van der Waals surface area (Å²) in [6, 6.07) is 23.6. The van der Waals surface area contributed by atoms with Crippen LogP contribution in [0.15, 0.2) is 77.6 Å². The zero-order valence-electron chi connectivity index (χ0n) is 16.2. The Morgan fingerprint density at radius 1 is 0.871 bits per heavy atom. The molecule has 0 aliphatic heterocycles. The summed E-state index contributed by atoms with van der Waals surface area (Å²) in [6.07, 6.45) is 0.668. The van der Waals surface area contributed by atoms with Crippen LogP contribution in [0.25, 0.3) is 22.4 Å². The first-order chi connectivity index (χ1) is 15.0. The van der Waals surface area contributed by atoms with E-state index < -0.39 is 5.56 Å². The van der Waals surface area contributed by atoms with Gasteiger partial charge in [-0.25, -0.2) is 0 Å². The number of aromatic nitrogens is 1. The smallest absolute Gasteiger partial charge is 0.266 e. The van der Waals surface area contributed by atoms with Crippen LogP contribution in [0.5, 0.6) is 5.75 Å². The molecule has 2 N–H and O–H groups in total. The van der Waals surface area contributed by atoms with Crippen molar-refractivity contribution in [2.24, 2.45) is 0 Å². The molecule has 0 radical (unpaired) electrons. The first kappa shape index (κ1) is 20.7. The molecule has 4 nitrogen and oxygen atoms in total. The number of aromatic hydroxyl groups is 1. The van der Waals surface area contributed by atoms with E-state index in [-0.39, 0.29) is 11.3 Å². The van der Waals surface area contributed by atoms with Crippen molar-refractivity contribution in [3.05, 3.63) is 110 Å². The predicted molar refractivity (Wildman–Crippen MR) is 124 cm³/mol. The number of benzene rings is 3. The molecule has 0 aliphatic carbocycles. The summed E-state index contributed by atoms with van der Waals surface area (Å²) in [5, 5.41) is 20.8. The molecule has 0 aliphatic rings. The van der Waals surface area contributed by atoms with Crippen LogP contribution >= 0.6 is 23.2 Å². The molecule has 0 atom stereocenters. The maximum absolute atomic E-state index is 12.7. The van der Waals surface area contributed by atoms with Gasteiger partial charge in [-0.05, 0) is 53.9 Å². The van der Waals surface area contributed by atoms with Gasteiger partial charge in [-0.1, -0.05) is 59.6 Å². The molecule has 0 fully saturated rings. The third kappa shape index (κ3) is 4.34. The third-order valence-corrected chi connectivity index (χ3v) is 5.53. The van der Waals surface area contributed by atoms with E-state index in [2.05, 4.69) is 4.98 Å². The van der Waals surface area contributed by atoms with Gasteiger partial charge in [0.2, 0.25) is 0 Å². The molecule has 0 unspecified atom stereocenters. The van der Waals surface area contributed by atoms with Gasteiger partial charge in [0.25, 0.3) is 5.56 Å². The summed E-state index contributed by atoms with van der Waals surface area (Å²) >= 11 is 12.4. The Morgan fingerprint density at radius 3 is 2.39 bits per heavy atom. The molecular formula is C25H16Cl2N2O2. The van der Waals surface area contributed by atoms with Gasteiger partial charge in [-0.15, -0.1) is 0 Å². The molecular weight excluding hydrogens is 431 g/mol. The Hall–Kier alpha value is -3.52. The molecule has 0 bridgehead atoms. The summed E-state index contributed by atoms with van der Waals surface area (Å²) in [7, 11) is 0. The molecule has 152 valence electrons. The van der Waals surface area contributed by atoms with Gasteiger partial charge in [-0.2, -0.15) is 5.26 Å². The van der Waals surface area contributed by atoms with Gasteiger partial charge < -0.3 is 10.1 Å². The van der Waals surface area contributed by atoms with E-state index in [9.17, 15) is 15.2 Å². The molecule has 4 rings (SSSR count). The second-order valence-electron chi connectivity index (χ2n) is 7.05.